The van der Waals surface area contributed by atoms with E-state index in [4.69, 9.17) is 4.98 Å². The number of pyridine rings is 1. The predicted octanol–water partition coefficient (Wildman–Crippen LogP) is 4.02. The van der Waals surface area contributed by atoms with Gasteiger partial charge in [-0.05, 0) is 55.7 Å². The Bertz CT molecular complexity index is 1130. The molecule has 2 atom stereocenters. The summed E-state index contributed by atoms with van der Waals surface area (Å²) in [5.74, 6) is -0.0137. The number of aromatic nitrogens is 3. The molecule has 33 heavy (non-hydrogen) atoms. The van der Waals surface area contributed by atoms with Gasteiger partial charge in [-0.25, -0.2) is 9.37 Å². The monoisotopic (exact) mass is 447 g/mol. The molecule has 1 aromatic carbocycles. The van der Waals surface area contributed by atoms with Gasteiger partial charge in [-0.1, -0.05) is 12.1 Å². The summed E-state index contributed by atoms with van der Waals surface area (Å²) in [6.07, 6.45) is 8.31. The van der Waals surface area contributed by atoms with E-state index in [0.29, 0.717) is 25.7 Å². The maximum atomic E-state index is 13.9. The van der Waals surface area contributed by atoms with Gasteiger partial charge in [-0.2, -0.15) is 0 Å². The van der Waals surface area contributed by atoms with E-state index in [9.17, 15) is 9.18 Å². The van der Waals surface area contributed by atoms with E-state index in [0.717, 1.165) is 36.3 Å². The quantitative estimate of drug-likeness (QED) is 0.573. The van der Waals surface area contributed by atoms with Gasteiger partial charge >= 0.3 is 0 Å². The van der Waals surface area contributed by atoms with Crippen molar-refractivity contribution in [2.24, 2.45) is 5.41 Å². The zero-order valence-corrected chi connectivity index (χ0v) is 19.2. The molecule has 1 amide bonds. The van der Waals surface area contributed by atoms with Gasteiger partial charge in [0.15, 0.2) is 0 Å². The smallest absolute Gasteiger partial charge is 0.231 e. The lowest BCUT2D eigenvalue weighted by atomic mass is 9.75. The van der Waals surface area contributed by atoms with Crippen molar-refractivity contribution in [1.82, 2.24) is 24.3 Å². The van der Waals surface area contributed by atoms with Crippen LogP contribution >= 0.6 is 0 Å². The maximum absolute atomic E-state index is 13.9. The molecule has 6 nitrogen and oxygen atoms in total. The zero-order valence-electron chi connectivity index (χ0n) is 19.2. The van der Waals surface area contributed by atoms with E-state index in [1.807, 2.05) is 29.4 Å². The van der Waals surface area contributed by atoms with Gasteiger partial charge in [-0.15, -0.1) is 0 Å². The van der Waals surface area contributed by atoms with Crippen LogP contribution in [0.5, 0.6) is 0 Å². The lowest BCUT2D eigenvalue weighted by molar-refractivity contribution is -0.136. The molecular formula is C26H30FN5O. The van der Waals surface area contributed by atoms with E-state index >= 15 is 0 Å². The first-order valence-corrected chi connectivity index (χ1v) is 11.6. The number of hydrogen-bond donors (Lipinski definition) is 0. The second-order valence-corrected chi connectivity index (χ2v) is 9.68. The Morgan fingerprint density at radius 1 is 1.15 bits per heavy atom. The summed E-state index contributed by atoms with van der Waals surface area (Å²) in [6.45, 7) is 7.61. The molecule has 1 spiro atoms. The number of halogens is 1. The molecular weight excluding hydrogens is 417 g/mol. The van der Waals surface area contributed by atoms with Crippen LogP contribution in [0.3, 0.4) is 0 Å². The van der Waals surface area contributed by atoms with E-state index in [1.54, 1.807) is 24.5 Å². The topological polar surface area (TPSA) is 54.3 Å². The third-order valence-corrected chi connectivity index (χ3v) is 7.15. The highest BCUT2D eigenvalue weighted by atomic mass is 19.1. The predicted molar refractivity (Wildman–Crippen MR) is 124 cm³/mol. The Morgan fingerprint density at radius 3 is 2.70 bits per heavy atom. The largest absolute Gasteiger partial charge is 0.338 e. The number of likely N-dealkylation sites (tertiary alicyclic amines) is 2. The Labute approximate surface area is 194 Å². The summed E-state index contributed by atoms with van der Waals surface area (Å²) < 4.78 is 15.9. The molecule has 2 saturated heterocycles. The minimum Gasteiger partial charge on any atom is -0.338 e. The number of rotatable bonds is 6. The fraction of sp³-hybridized carbons (Fsp3) is 0.423. The highest BCUT2D eigenvalue weighted by Gasteiger charge is 2.57. The normalized spacial score (nSPS) is 23.3. The Morgan fingerprint density at radius 2 is 1.97 bits per heavy atom. The van der Waals surface area contributed by atoms with Crippen LogP contribution in [-0.2, 0) is 17.9 Å². The van der Waals surface area contributed by atoms with Gasteiger partial charge < -0.3 is 9.47 Å². The number of imidazole rings is 1. The van der Waals surface area contributed by atoms with Crippen LogP contribution in [0.1, 0.15) is 49.0 Å². The molecule has 2 aliphatic rings. The van der Waals surface area contributed by atoms with Crippen LogP contribution < -0.4 is 0 Å². The molecule has 4 heterocycles. The molecule has 0 radical (unpaired) electrons. The first kappa shape index (κ1) is 21.8. The summed E-state index contributed by atoms with van der Waals surface area (Å²) in [7, 11) is 0. The molecule has 2 aliphatic heterocycles. The molecule has 0 unspecified atom stereocenters. The summed E-state index contributed by atoms with van der Waals surface area (Å²) in [4.78, 5) is 27.0. The van der Waals surface area contributed by atoms with Crippen molar-refractivity contribution in [3.05, 3.63) is 84.0 Å². The standard InChI is InChI=1S/C26H30FN5O/c1-19(2)32-16-24(29-18-32)23-15-30(13-21-4-3-5-22(27)12-21)17-26(23)8-11-31(25(26)33)14-20-6-9-28-10-7-20/h3-7,9-10,12,16,18-19,23H,8,11,13-15,17H2,1-2H3/t23-,26+/m1/s1. The molecule has 3 aromatic rings. The zero-order chi connectivity index (χ0) is 23.0. The average Bonchev–Trinajstić information content (AvgIpc) is 3.49. The first-order valence-electron chi connectivity index (χ1n) is 11.6. The van der Waals surface area contributed by atoms with Crippen molar-refractivity contribution < 1.29 is 9.18 Å². The van der Waals surface area contributed by atoms with Crippen LogP contribution in [0.4, 0.5) is 4.39 Å². The molecule has 2 fully saturated rings. The number of benzene rings is 1. The average molecular weight is 448 g/mol. The third kappa shape index (κ3) is 4.17. The molecule has 5 rings (SSSR count). The van der Waals surface area contributed by atoms with Gasteiger partial charge in [0.05, 0.1) is 17.4 Å². The second kappa shape index (κ2) is 8.71. The van der Waals surface area contributed by atoms with E-state index in [-0.39, 0.29) is 17.6 Å². The lowest BCUT2D eigenvalue weighted by Crippen LogP contribution is -2.39. The van der Waals surface area contributed by atoms with Gasteiger partial charge in [-0.3, -0.25) is 14.7 Å². The van der Waals surface area contributed by atoms with E-state index in [1.165, 1.54) is 6.07 Å². The van der Waals surface area contributed by atoms with Crippen molar-refractivity contribution in [3.63, 3.8) is 0 Å². The number of carbonyl (C=O) groups excluding carboxylic acids is 1. The summed E-state index contributed by atoms with van der Waals surface area (Å²) in [6, 6.07) is 11.0. The van der Waals surface area contributed by atoms with Gasteiger partial charge in [0.1, 0.15) is 5.82 Å². The molecule has 0 N–H and O–H groups in total. The van der Waals surface area contributed by atoms with Crippen LogP contribution in [0.25, 0.3) is 0 Å². The summed E-state index contributed by atoms with van der Waals surface area (Å²) >= 11 is 0. The fourth-order valence-corrected chi connectivity index (χ4v) is 5.40. The number of hydrogen-bond acceptors (Lipinski definition) is 4. The van der Waals surface area contributed by atoms with Crippen LogP contribution in [0.2, 0.25) is 0 Å². The Balaban J connectivity index is 1.43. The molecule has 7 heteroatoms. The highest BCUT2D eigenvalue weighted by Crippen LogP contribution is 2.50. The number of amides is 1. The van der Waals surface area contributed by atoms with Crippen molar-refractivity contribution in [2.75, 3.05) is 19.6 Å². The summed E-state index contributed by atoms with van der Waals surface area (Å²) in [5, 5.41) is 0. The van der Waals surface area contributed by atoms with E-state index < -0.39 is 5.41 Å². The Kier molecular flexibility index (Phi) is 5.74. The lowest BCUT2D eigenvalue weighted by Gasteiger charge is -2.28. The van der Waals surface area contributed by atoms with Crippen molar-refractivity contribution in [1.29, 1.82) is 0 Å². The van der Waals surface area contributed by atoms with Gasteiger partial charge in [0.25, 0.3) is 0 Å². The minimum absolute atomic E-state index is 0.0148. The maximum Gasteiger partial charge on any atom is 0.231 e. The molecule has 0 aliphatic carbocycles. The Hall–Kier alpha value is -3.06. The minimum atomic E-state index is -0.503. The van der Waals surface area contributed by atoms with Gasteiger partial charge in [0, 0.05) is 63.3 Å². The SMILES string of the molecule is CC(C)n1cnc([C@H]2CN(Cc3cccc(F)c3)C[C@@]23CCN(Cc2ccncc2)C3=O)c1. The number of nitrogens with zero attached hydrogens (tertiary/aromatic N) is 5. The van der Waals surface area contributed by atoms with E-state index in [2.05, 4.69) is 34.5 Å². The van der Waals surface area contributed by atoms with Crippen LogP contribution in [0.15, 0.2) is 61.3 Å². The molecule has 0 bridgehead atoms. The summed E-state index contributed by atoms with van der Waals surface area (Å²) in [5.41, 5.74) is 2.49. The first-order chi connectivity index (χ1) is 15.9. The molecule has 172 valence electrons. The molecule has 2 aromatic heterocycles. The molecule has 0 saturated carbocycles. The third-order valence-electron chi connectivity index (χ3n) is 7.15. The van der Waals surface area contributed by atoms with Crippen molar-refractivity contribution >= 4 is 5.91 Å². The highest BCUT2D eigenvalue weighted by molar-refractivity contribution is 5.86. The number of carbonyl (C=O) groups is 1. The van der Waals surface area contributed by atoms with Crippen molar-refractivity contribution in [2.45, 2.75) is 45.3 Å². The van der Waals surface area contributed by atoms with Crippen LogP contribution in [0, 0.1) is 11.2 Å². The second-order valence-electron chi connectivity index (χ2n) is 9.68. The van der Waals surface area contributed by atoms with Gasteiger partial charge in [0.2, 0.25) is 5.91 Å². The van der Waals surface area contributed by atoms with Crippen molar-refractivity contribution in [3.8, 4) is 0 Å². The fourth-order valence-electron chi connectivity index (χ4n) is 5.40. The van der Waals surface area contributed by atoms with Crippen LogP contribution in [-0.4, -0.2) is 49.9 Å².